The molecule has 2 rings (SSSR count). The molecule has 29 heavy (non-hydrogen) atoms. The van der Waals surface area contributed by atoms with E-state index in [0.717, 1.165) is 43.3 Å². The number of carbonyl (C=O) groups excluding carboxylic acids is 1. The second-order valence-electron chi connectivity index (χ2n) is 6.65. The molecule has 0 saturated heterocycles. The molecule has 0 atom stereocenters. The Kier molecular flexibility index (Phi) is 8.51. The summed E-state index contributed by atoms with van der Waals surface area (Å²) >= 11 is 0. The van der Waals surface area contributed by atoms with Gasteiger partial charge in [-0.3, -0.25) is 4.68 Å². The van der Waals surface area contributed by atoms with Gasteiger partial charge in [0, 0.05) is 25.3 Å². The van der Waals surface area contributed by atoms with Gasteiger partial charge in [-0.05, 0) is 51.0 Å². The van der Waals surface area contributed by atoms with Gasteiger partial charge in [-0.25, -0.2) is 9.79 Å². The van der Waals surface area contributed by atoms with Gasteiger partial charge in [0.25, 0.3) is 0 Å². The fourth-order valence-corrected chi connectivity index (χ4v) is 2.97. The maximum Gasteiger partial charge on any atom is 0.341 e. The molecule has 0 aliphatic carbocycles. The van der Waals surface area contributed by atoms with Crippen LogP contribution in [0.2, 0.25) is 0 Å². The van der Waals surface area contributed by atoms with Crippen LogP contribution in [0.1, 0.15) is 40.7 Å². The van der Waals surface area contributed by atoms with Gasteiger partial charge in [0.05, 0.1) is 26.5 Å². The van der Waals surface area contributed by atoms with Crippen LogP contribution in [0, 0.1) is 13.8 Å². The van der Waals surface area contributed by atoms with Crippen LogP contribution in [0.25, 0.3) is 0 Å². The molecule has 1 heterocycles. The highest BCUT2D eigenvalue weighted by Gasteiger charge is 2.13. The van der Waals surface area contributed by atoms with E-state index >= 15 is 0 Å². The Labute approximate surface area is 172 Å². The average Bonchev–Trinajstić information content (AvgIpc) is 3.05. The molecule has 8 heteroatoms. The SMILES string of the molecule is CCNC(=NCc1ccc(OC)c(C(=O)OC)c1)NCCCn1nc(C)cc1C. The van der Waals surface area contributed by atoms with Crippen molar-refractivity contribution in [3.63, 3.8) is 0 Å². The van der Waals surface area contributed by atoms with Crippen molar-refractivity contribution in [1.82, 2.24) is 20.4 Å². The maximum atomic E-state index is 11.9. The van der Waals surface area contributed by atoms with E-state index in [0.29, 0.717) is 17.9 Å². The molecule has 0 aliphatic rings. The summed E-state index contributed by atoms with van der Waals surface area (Å²) in [6.45, 7) is 8.92. The van der Waals surface area contributed by atoms with Crippen LogP contribution in [0.3, 0.4) is 0 Å². The lowest BCUT2D eigenvalue weighted by molar-refractivity contribution is 0.0597. The molecule has 158 valence electrons. The number of esters is 1. The second kappa shape index (κ2) is 11.1. The Morgan fingerprint density at radius 1 is 1.21 bits per heavy atom. The highest BCUT2D eigenvalue weighted by Crippen LogP contribution is 2.21. The first-order valence-corrected chi connectivity index (χ1v) is 9.77. The van der Waals surface area contributed by atoms with Crippen molar-refractivity contribution in [3.05, 3.63) is 46.8 Å². The fraction of sp³-hybridized carbons (Fsp3) is 0.476. The van der Waals surface area contributed by atoms with Gasteiger partial charge >= 0.3 is 5.97 Å². The minimum absolute atomic E-state index is 0.394. The summed E-state index contributed by atoms with van der Waals surface area (Å²) in [7, 11) is 2.88. The molecular formula is C21H31N5O3. The molecule has 0 aliphatic heterocycles. The van der Waals surface area contributed by atoms with E-state index in [9.17, 15) is 4.79 Å². The van der Waals surface area contributed by atoms with Crippen molar-refractivity contribution < 1.29 is 14.3 Å². The second-order valence-corrected chi connectivity index (χ2v) is 6.65. The summed E-state index contributed by atoms with van der Waals surface area (Å²) in [6, 6.07) is 7.48. The third-order valence-corrected chi connectivity index (χ3v) is 4.38. The molecule has 1 aromatic carbocycles. The van der Waals surface area contributed by atoms with Crippen molar-refractivity contribution in [2.45, 2.75) is 40.3 Å². The number of rotatable bonds is 9. The quantitative estimate of drug-likeness (QED) is 0.290. The summed E-state index contributed by atoms with van der Waals surface area (Å²) in [5.74, 6) is 0.789. The standard InChI is InChI=1S/C21H31N5O3/c1-6-22-21(23-10-7-11-26-16(3)12-15(2)25-26)24-14-17-8-9-19(28-4)18(13-17)20(27)29-5/h8-9,12-13H,6-7,10-11,14H2,1-5H3,(H2,22,23,24). The van der Waals surface area contributed by atoms with E-state index in [1.165, 1.54) is 19.9 Å². The Hall–Kier alpha value is -3.03. The Morgan fingerprint density at radius 2 is 2.00 bits per heavy atom. The number of aliphatic imine (C=N–C) groups is 1. The number of carbonyl (C=O) groups is 1. The number of nitrogens with zero attached hydrogens (tertiary/aromatic N) is 3. The summed E-state index contributed by atoms with van der Waals surface area (Å²) in [4.78, 5) is 16.5. The molecular weight excluding hydrogens is 370 g/mol. The predicted octanol–water partition coefficient (Wildman–Crippen LogP) is 2.44. The number of hydrogen-bond acceptors (Lipinski definition) is 5. The van der Waals surface area contributed by atoms with Crippen molar-refractivity contribution >= 4 is 11.9 Å². The lowest BCUT2D eigenvalue weighted by Crippen LogP contribution is -2.38. The molecule has 0 fully saturated rings. The molecule has 1 aromatic heterocycles. The largest absolute Gasteiger partial charge is 0.496 e. The monoisotopic (exact) mass is 401 g/mol. The third-order valence-electron chi connectivity index (χ3n) is 4.38. The number of benzene rings is 1. The molecule has 2 N–H and O–H groups in total. The minimum atomic E-state index is -0.429. The molecule has 0 amide bonds. The average molecular weight is 402 g/mol. The van der Waals surface area contributed by atoms with E-state index in [1.54, 1.807) is 12.1 Å². The first-order chi connectivity index (χ1) is 14.0. The third kappa shape index (κ3) is 6.51. The van der Waals surface area contributed by atoms with Crippen LogP contribution >= 0.6 is 0 Å². The van der Waals surface area contributed by atoms with E-state index in [2.05, 4.69) is 33.7 Å². The fourth-order valence-electron chi connectivity index (χ4n) is 2.97. The smallest absolute Gasteiger partial charge is 0.341 e. The zero-order valence-corrected chi connectivity index (χ0v) is 17.9. The first kappa shape index (κ1) is 22.3. The van der Waals surface area contributed by atoms with Gasteiger partial charge in [-0.2, -0.15) is 5.10 Å². The van der Waals surface area contributed by atoms with Gasteiger partial charge in [-0.1, -0.05) is 6.07 Å². The zero-order chi connectivity index (χ0) is 21.2. The summed E-state index contributed by atoms with van der Waals surface area (Å²) < 4.78 is 12.1. The Morgan fingerprint density at radius 3 is 2.62 bits per heavy atom. The number of guanidine groups is 1. The predicted molar refractivity (Wildman–Crippen MR) is 113 cm³/mol. The topological polar surface area (TPSA) is 89.8 Å². The number of ether oxygens (including phenoxy) is 2. The Balaban J connectivity index is 1.96. The zero-order valence-electron chi connectivity index (χ0n) is 17.9. The number of hydrogen-bond donors (Lipinski definition) is 2. The van der Waals surface area contributed by atoms with Gasteiger partial charge in [0.15, 0.2) is 5.96 Å². The van der Waals surface area contributed by atoms with Crippen LogP contribution in [0.15, 0.2) is 29.3 Å². The summed E-state index contributed by atoms with van der Waals surface area (Å²) in [5, 5.41) is 11.1. The highest BCUT2D eigenvalue weighted by atomic mass is 16.5. The summed E-state index contributed by atoms with van der Waals surface area (Å²) in [5.41, 5.74) is 3.50. The van der Waals surface area contributed by atoms with E-state index in [4.69, 9.17) is 9.47 Å². The minimum Gasteiger partial charge on any atom is -0.496 e. The number of aryl methyl sites for hydroxylation is 3. The molecule has 8 nitrogen and oxygen atoms in total. The van der Waals surface area contributed by atoms with Crippen LogP contribution < -0.4 is 15.4 Å². The summed E-state index contributed by atoms with van der Waals surface area (Å²) in [6.07, 6.45) is 0.932. The molecule has 0 saturated carbocycles. The lowest BCUT2D eigenvalue weighted by Gasteiger charge is -2.12. The molecule has 2 aromatic rings. The van der Waals surface area contributed by atoms with Gasteiger partial charge in [0.1, 0.15) is 11.3 Å². The van der Waals surface area contributed by atoms with Crippen LogP contribution in [-0.4, -0.2) is 49.0 Å². The van der Waals surface area contributed by atoms with Crippen molar-refractivity contribution in [1.29, 1.82) is 0 Å². The van der Waals surface area contributed by atoms with Gasteiger partial charge in [0.2, 0.25) is 0 Å². The van der Waals surface area contributed by atoms with Crippen molar-refractivity contribution in [2.75, 3.05) is 27.3 Å². The number of aromatic nitrogens is 2. The number of nitrogens with one attached hydrogen (secondary N) is 2. The first-order valence-electron chi connectivity index (χ1n) is 9.77. The number of methoxy groups -OCH3 is 2. The van der Waals surface area contributed by atoms with Gasteiger partial charge < -0.3 is 20.1 Å². The normalized spacial score (nSPS) is 11.3. The highest BCUT2D eigenvalue weighted by molar-refractivity contribution is 5.92. The molecule has 0 unspecified atom stereocenters. The van der Waals surface area contributed by atoms with Crippen molar-refractivity contribution in [3.8, 4) is 5.75 Å². The Bertz CT molecular complexity index is 845. The van der Waals surface area contributed by atoms with Crippen LogP contribution in [-0.2, 0) is 17.8 Å². The van der Waals surface area contributed by atoms with Crippen LogP contribution in [0.4, 0.5) is 0 Å². The molecule has 0 bridgehead atoms. The van der Waals surface area contributed by atoms with Crippen LogP contribution in [0.5, 0.6) is 5.75 Å². The van der Waals surface area contributed by atoms with E-state index < -0.39 is 5.97 Å². The van der Waals surface area contributed by atoms with E-state index in [-0.39, 0.29) is 0 Å². The lowest BCUT2D eigenvalue weighted by atomic mass is 10.1. The van der Waals surface area contributed by atoms with Crippen molar-refractivity contribution in [2.24, 2.45) is 4.99 Å². The molecule has 0 spiro atoms. The maximum absolute atomic E-state index is 11.9. The molecule has 0 radical (unpaired) electrons. The van der Waals surface area contributed by atoms with E-state index in [1.807, 2.05) is 24.6 Å². The van der Waals surface area contributed by atoms with Gasteiger partial charge in [-0.15, -0.1) is 0 Å².